The maximum absolute atomic E-state index is 12.6. The fourth-order valence-corrected chi connectivity index (χ4v) is 2.82. The lowest BCUT2D eigenvalue weighted by atomic mass is 9.92. The van der Waals surface area contributed by atoms with Gasteiger partial charge in [0.15, 0.2) is 0 Å². The smallest absolute Gasteiger partial charge is 0.227 e. The quantitative estimate of drug-likeness (QED) is 0.916. The Bertz CT molecular complexity index is 508. The van der Waals surface area contributed by atoms with Crippen LogP contribution < -0.4 is 5.73 Å². The van der Waals surface area contributed by atoms with E-state index in [1.807, 2.05) is 4.90 Å². The summed E-state index contributed by atoms with van der Waals surface area (Å²) in [6.45, 7) is 9.35. The molecule has 1 amide bonds. The summed E-state index contributed by atoms with van der Waals surface area (Å²) < 4.78 is 5.30. The molecule has 1 aromatic rings. The SMILES string of the molecule is Cc1cc(C)c(CC(CN)C(=O)N2CCOCC2)cc1C. The van der Waals surface area contributed by atoms with Gasteiger partial charge >= 0.3 is 0 Å². The number of morpholine rings is 1. The minimum atomic E-state index is -0.135. The zero-order valence-electron chi connectivity index (χ0n) is 13.3. The summed E-state index contributed by atoms with van der Waals surface area (Å²) in [4.78, 5) is 14.5. The Morgan fingerprint density at radius 2 is 1.81 bits per heavy atom. The molecule has 0 bridgehead atoms. The molecule has 0 spiro atoms. The standard InChI is InChI=1S/C17H26N2O2/c1-12-8-14(3)15(9-13(12)2)10-16(11-18)17(20)19-4-6-21-7-5-19/h8-9,16H,4-7,10-11,18H2,1-3H3. The summed E-state index contributed by atoms with van der Waals surface area (Å²) in [5.41, 5.74) is 10.9. The number of nitrogens with zero attached hydrogens (tertiary/aromatic N) is 1. The van der Waals surface area contributed by atoms with E-state index in [1.165, 1.54) is 22.3 Å². The molecule has 2 rings (SSSR count). The average molecular weight is 290 g/mol. The molecular formula is C17H26N2O2. The molecule has 0 radical (unpaired) electrons. The van der Waals surface area contributed by atoms with Crippen LogP contribution in [-0.2, 0) is 16.0 Å². The number of benzene rings is 1. The molecule has 1 aliphatic rings. The predicted molar refractivity (Wildman–Crippen MR) is 84.3 cm³/mol. The minimum absolute atomic E-state index is 0.135. The van der Waals surface area contributed by atoms with E-state index in [0.717, 1.165) is 6.42 Å². The second kappa shape index (κ2) is 7.05. The van der Waals surface area contributed by atoms with Gasteiger partial charge in [-0.25, -0.2) is 0 Å². The van der Waals surface area contributed by atoms with Gasteiger partial charge in [-0.05, 0) is 49.4 Å². The van der Waals surface area contributed by atoms with Gasteiger partial charge in [0.1, 0.15) is 0 Å². The molecule has 1 fully saturated rings. The lowest BCUT2D eigenvalue weighted by Gasteiger charge is -2.30. The Kier molecular flexibility index (Phi) is 5.37. The van der Waals surface area contributed by atoms with Gasteiger partial charge in [0.25, 0.3) is 0 Å². The number of hydrogen-bond acceptors (Lipinski definition) is 3. The fourth-order valence-electron chi connectivity index (χ4n) is 2.82. The molecule has 0 aliphatic carbocycles. The van der Waals surface area contributed by atoms with Gasteiger partial charge in [-0.2, -0.15) is 0 Å². The third-order valence-corrected chi connectivity index (χ3v) is 4.38. The lowest BCUT2D eigenvalue weighted by Crippen LogP contribution is -2.46. The third kappa shape index (κ3) is 3.83. The van der Waals surface area contributed by atoms with Crippen molar-refractivity contribution in [1.82, 2.24) is 4.90 Å². The van der Waals surface area contributed by atoms with Gasteiger partial charge in [0.2, 0.25) is 5.91 Å². The molecule has 1 saturated heterocycles. The van der Waals surface area contributed by atoms with Crippen LogP contribution in [0.3, 0.4) is 0 Å². The minimum Gasteiger partial charge on any atom is -0.378 e. The Morgan fingerprint density at radius 1 is 1.19 bits per heavy atom. The maximum Gasteiger partial charge on any atom is 0.227 e. The summed E-state index contributed by atoms with van der Waals surface area (Å²) in [5, 5.41) is 0. The molecule has 4 heteroatoms. The molecule has 1 unspecified atom stereocenters. The lowest BCUT2D eigenvalue weighted by molar-refractivity contribution is -0.139. The normalized spacial score (nSPS) is 16.9. The highest BCUT2D eigenvalue weighted by Gasteiger charge is 2.25. The van der Waals surface area contributed by atoms with Gasteiger partial charge in [0, 0.05) is 19.6 Å². The van der Waals surface area contributed by atoms with E-state index in [1.54, 1.807) is 0 Å². The van der Waals surface area contributed by atoms with Gasteiger partial charge < -0.3 is 15.4 Å². The Balaban J connectivity index is 2.11. The molecule has 0 saturated carbocycles. The van der Waals surface area contributed by atoms with Crippen LogP contribution in [0.2, 0.25) is 0 Å². The van der Waals surface area contributed by atoms with Crippen molar-refractivity contribution in [2.24, 2.45) is 11.7 Å². The molecule has 4 nitrogen and oxygen atoms in total. The predicted octanol–water partition coefficient (Wildman–Crippen LogP) is 1.59. The first-order chi connectivity index (χ1) is 10.0. The summed E-state index contributed by atoms with van der Waals surface area (Å²) in [5.74, 6) is 0.0299. The van der Waals surface area contributed by atoms with Crippen LogP contribution in [0.15, 0.2) is 12.1 Å². The van der Waals surface area contributed by atoms with E-state index < -0.39 is 0 Å². The number of aryl methyl sites for hydroxylation is 3. The van der Waals surface area contributed by atoms with Gasteiger partial charge in [-0.15, -0.1) is 0 Å². The fraction of sp³-hybridized carbons (Fsp3) is 0.588. The van der Waals surface area contributed by atoms with Crippen LogP contribution in [-0.4, -0.2) is 43.7 Å². The number of nitrogens with two attached hydrogens (primary N) is 1. The Hall–Kier alpha value is -1.39. The van der Waals surface area contributed by atoms with Crippen LogP contribution in [0.25, 0.3) is 0 Å². The third-order valence-electron chi connectivity index (χ3n) is 4.38. The first kappa shape index (κ1) is 16.0. The number of amides is 1. The zero-order chi connectivity index (χ0) is 15.4. The van der Waals surface area contributed by atoms with Crippen molar-refractivity contribution < 1.29 is 9.53 Å². The summed E-state index contributed by atoms with van der Waals surface area (Å²) >= 11 is 0. The second-order valence-electron chi connectivity index (χ2n) is 5.94. The van der Waals surface area contributed by atoms with E-state index in [-0.39, 0.29) is 11.8 Å². The highest BCUT2D eigenvalue weighted by molar-refractivity contribution is 5.79. The van der Waals surface area contributed by atoms with Crippen LogP contribution in [0, 0.1) is 26.7 Å². The highest BCUT2D eigenvalue weighted by Crippen LogP contribution is 2.20. The highest BCUT2D eigenvalue weighted by atomic mass is 16.5. The molecule has 116 valence electrons. The number of carbonyl (C=O) groups is 1. The molecule has 1 aromatic carbocycles. The van der Waals surface area contributed by atoms with Crippen molar-refractivity contribution in [3.63, 3.8) is 0 Å². The monoisotopic (exact) mass is 290 g/mol. The number of ether oxygens (including phenoxy) is 1. The molecule has 1 heterocycles. The Labute approximate surface area is 127 Å². The molecule has 0 aromatic heterocycles. The van der Waals surface area contributed by atoms with E-state index in [2.05, 4.69) is 32.9 Å². The summed E-state index contributed by atoms with van der Waals surface area (Å²) in [6.07, 6.45) is 0.722. The van der Waals surface area contributed by atoms with Crippen molar-refractivity contribution in [3.8, 4) is 0 Å². The van der Waals surface area contributed by atoms with Crippen LogP contribution in [0.1, 0.15) is 22.3 Å². The average Bonchev–Trinajstić information content (AvgIpc) is 2.50. The molecule has 1 atom stereocenters. The van der Waals surface area contributed by atoms with Crippen molar-refractivity contribution >= 4 is 5.91 Å². The molecule has 1 aliphatic heterocycles. The second-order valence-corrected chi connectivity index (χ2v) is 5.94. The summed E-state index contributed by atoms with van der Waals surface area (Å²) in [6, 6.07) is 4.39. The van der Waals surface area contributed by atoms with E-state index in [4.69, 9.17) is 10.5 Å². The molecular weight excluding hydrogens is 264 g/mol. The topological polar surface area (TPSA) is 55.6 Å². The van der Waals surface area contributed by atoms with Crippen LogP contribution in [0.5, 0.6) is 0 Å². The van der Waals surface area contributed by atoms with Crippen molar-refractivity contribution in [2.75, 3.05) is 32.8 Å². The number of hydrogen-bond donors (Lipinski definition) is 1. The zero-order valence-corrected chi connectivity index (χ0v) is 13.3. The Morgan fingerprint density at radius 3 is 2.43 bits per heavy atom. The van der Waals surface area contributed by atoms with Crippen LogP contribution >= 0.6 is 0 Å². The van der Waals surface area contributed by atoms with Crippen molar-refractivity contribution in [3.05, 3.63) is 34.4 Å². The van der Waals surface area contributed by atoms with Crippen molar-refractivity contribution in [1.29, 1.82) is 0 Å². The first-order valence-corrected chi connectivity index (χ1v) is 7.66. The van der Waals surface area contributed by atoms with E-state index in [9.17, 15) is 4.79 Å². The van der Waals surface area contributed by atoms with E-state index >= 15 is 0 Å². The maximum atomic E-state index is 12.6. The molecule has 2 N–H and O–H groups in total. The first-order valence-electron chi connectivity index (χ1n) is 7.66. The van der Waals surface area contributed by atoms with Gasteiger partial charge in [0.05, 0.1) is 19.1 Å². The van der Waals surface area contributed by atoms with Crippen molar-refractivity contribution in [2.45, 2.75) is 27.2 Å². The van der Waals surface area contributed by atoms with Gasteiger partial charge in [-0.1, -0.05) is 12.1 Å². The number of rotatable bonds is 4. The largest absolute Gasteiger partial charge is 0.378 e. The van der Waals surface area contributed by atoms with Crippen LogP contribution in [0.4, 0.5) is 0 Å². The van der Waals surface area contributed by atoms with E-state index in [0.29, 0.717) is 32.8 Å². The molecule has 21 heavy (non-hydrogen) atoms. The summed E-state index contributed by atoms with van der Waals surface area (Å²) in [7, 11) is 0. The van der Waals surface area contributed by atoms with Gasteiger partial charge in [-0.3, -0.25) is 4.79 Å². The number of carbonyl (C=O) groups excluding carboxylic acids is 1.